The van der Waals surface area contributed by atoms with Crippen LogP contribution in [0.4, 0.5) is 0 Å². The van der Waals surface area contributed by atoms with Crippen molar-refractivity contribution in [1.29, 1.82) is 0 Å². The molecule has 146 valence electrons. The third kappa shape index (κ3) is 3.47. The van der Waals surface area contributed by atoms with E-state index in [0.717, 1.165) is 42.4 Å². The highest BCUT2D eigenvalue weighted by Gasteiger charge is 2.25. The molecule has 4 aromatic rings. The molecule has 4 nitrogen and oxygen atoms in total. The molecule has 2 aromatic carbocycles. The predicted molar refractivity (Wildman–Crippen MR) is 117 cm³/mol. The van der Waals surface area contributed by atoms with Gasteiger partial charge in [-0.2, -0.15) is 0 Å². The molecule has 5 rings (SSSR count). The number of thiophene rings is 1. The van der Waals surface area contributed by atoms with Crippen molar-refractivity contribution in [3.8, 4) is 0 Å². The minimum absolute atomic E-state index is 0.0212. The fourth-order valence-electron chi connectivity index (χ4n) is 4.19. The minimum Gasteiger partial charge on any atom is -0.422 e. The molecule has 0 radical (unpaired) electrons. The third-order valence-electron chi connectivity index (χ3n) is 5.77. The Labute approximate surface area is 172 Å². The Morgan fingerprint density at radius 2 is 1.72 bits per heavy atom. The number of rotatable bonds is 3. The molecule has 0 aliphatic carbocycles. The van der Waals surface area contributed by atoms with Crippen LogP contribution in [0.15, 0.2) is 69.9 Å². The third-order valence-corrected chi connectivity index (χ3v) is 6.92. The number of carbonyl (C=O) groups is 1. The largest absolute Gasteiger partial charge is 0.422 e. The number of hydrogen-bond donors (Lipinski definition) is 0. The highest BCUT2D eigenvalue weighted by Crippen LogP contribution is 2.32. The normalized spacial score (nSPS) is 15.2. The average molecular weight is 404 g/mol. The molecule has 0 unspecified atom stereocenters. The van der Waals surface area contributed by atoms with Crippen LogP contribution in [0.25, 0.3) is 21.1 Å². The van der Waals surface area contributed by atoms with Crippen LogP contribution in [0.1, 0.15) is 28.1 Å². The summed E-state index contributed by atoms with van der Waals surface area (Å²) in [6, 6.07) is 19.7. The van der Waals surface area contributed by atoms with E-state index in [-0.39, 0.29) is 11.5 Å². The summed E-state index contributed by atoms with van der Waals surface area (Å²) in [5.74, 6) is 0.632. The molecule has 3 heterocycles. The molecule has 1 aliphatic heterocycles. The number of amides is 1. The van der Waals surface area contributed by atoms with Crippen LogP contribution in [0.3, 0.4) is 0 Å². The second kappa shape index (κ2) is 7.48. The van der Waals surface area contributed by atoms with E-state index in [4.69, 9.17) is 4.42 Å². The number of hydrogen-bond acceptors (Lipinski definition) is 4. The van der Waals surface area contributed by atoms with Gasteiger partial charge >= 0.3 is 5.63 Å². The van der Waals surface area contributed by atoms with Crippen molar-refractivity contribution in [3.63, 3.8) is 0 Å². The summed E-state index contributed by atoms with van der Waals surface area (Å²) < 4.78 is 6.24. The van der Waals surface area contributed by atoms with E-state index in [9.17, 15) is 9.59 Å². The summed E-state index contributed by atoms with van der Waals surface area (Å²) in [5.41, 5.74) is 1.54. The number of carbonyl (C=O) groups excluding carboxylic acids is 1. The monoisotopic (exact) mass is 403 g/mol. The van der Waals surface area contributed by atoms with Crippen molar-refractivity contribution in [2.75, 3.05) is 13.1 Å². The summed E-state index contributed by atoms with van der Waals surface area (Å²) in [5, 5.41) is 1.38. The van der Waals surface area contributed by atoms with E-state index >= 15 is 0 Å². The number of nitrogens with zero attached hydrogens (tertiary/aromatic N) is 1. The SMILES string of the molecule is O=C(c1cc2c(=O)oc3ccccc3c2s1)N1CCC(Cc2ccccc2)CC1. The summed E-state index contributed by atoms with van der Waals surface area (Å²) in [6.07, 6.45) is 3.09. The van der Waals surface area contributed by atoms with Crippen molar-refractivity contribution in [2.45, 2.75) is 19.3 Å². The Morgan fingerprint density at radius 1 is 1.00 bits per heavy atom. The molecule has 0 N–H and O–H groups in total. The van der Waals surface area contributed by atoms with E-state index in [2.05, 4.69) is 24.3 Å². The zero-order valence-corrected chi connectivity index (χ0v) is 16.8. The molecule has 0 bridgehead atoms. The zero-order chi connectivity index (χ0) is 19.8. The first-order chi connectivity index (χ1) is 14.2. The second-order valence-corrected chi connectivity index (χ2v) is 8.72. The summed E-state index contributed by atoms with van der Waals surface area (Å²) >= 11 is 1.39. The van der Waals surface area contributed by atoms with Gasteiger partial charge in [-0.15, -0.1) is 11.3 Å². The number of likely N-dealkylation sites (tertiary alicyclic amines) is 1. The van der Waals surface area contributed by atoms with Crippen LogP contribution in [-0.4, -0.2) is 23.9 Å². The van der Waals surface area contributed by atoms with Crippen molar-refractivity contribution >= 4 is 38.3 Å². The van der Waals surface area contributed by atoms with Gasteiger partial charge in [0.1, 0.15) is 5.58 Å². The smallest absolute Gasteiger partial charge is 0.345 e. The molecular weight excluding hydrogens is 382 g/mol. The molecule has 1 amide bonds. The van der Waals surface area contributed by atoms with Crippen LogP contribution in [0.2, 0.25) is 0 Å². The molecule has 1 saturated heterocycles. The van der Waals surface area contributed by atoms with Crippen molar-refractivity contribution in [2.24, 2.45) is 5.92 Å². The molecule has 5 heteroatoms. The lowest BCUT2D eigenvalue weighted by Crippen LogP contribution is -2.38. The first kappa shape index (κ1) is 18.1. The van der Waals surface area contributed by atoms with E-state index in [1.165, 1.54) is 16.9 Å². The number of para-hydroxylation sites is 1. The molecule has 0 atom stereocenters. The molecule has 0 spiro atoms. The predicted octanol–water partition coefficient (Wildman–Crippen LogP) is 5.10. The number of fused-ring (bicyclic) bond motifs is 3. The van der Waals surface area contributed by atoms with Crippen LogP contribution in [-0.2, 0) is 6.42 Å². The van der Waals surface area contributed by atoms with E-state index < -0.39 is 0 Å². The Bertz CT molecular complexity index is 1230. The molecular formula is C24H21NO3S. The van der Waals surface area contributed by atoms with Crippen LogP contribution >= 0.6 is 11.3 Å². The lowest BCUT2D eigenvalue weighted by molar-refractivity contribution is 0.0695. The maximum atomic E-state index is 13.1. The summed E-state index contributed by atoms with van der Waals surface area (Å²) in [4.78, 5) is 28.0. The molecule has 1 fully saturated rings. The minimum atomic E-state index is -0.379. The van der Waals surface area contributed by atoms with E-state index in [1.807, 2.05) is 29.2 Å². The maximum Gasteiger partial charge on any atom is 0.345 e. The summed E-state index contributed by atoms with van der Waals surface area (Å²) in [7, 11) is 0. The van der Waals surface area contributed by atoms with Gasteiger partial charge in [0.15, 0.2) is 0 Å². The van der Waals surface area contributed by atoms with Gasteiger partial charge < -0.3 is 9.32 Å². The van der Waals surface area contributed by atoms with Gasteiger partial charge in [0.25, 0.3) is 5.91 Å². The Balaban J connectivity index is 1.35. The van der Waals surface area contributed by atoms with Gasteiger partial charge in [0, 0.05) is 18.5 Å². The molecule has 0 saturated carbocycles. The number of piperidine rings is 1. The molecule has 29 heavy (non-hydrogen) atoms. The van der Waals surface area contributed by atoms with Crippen LogP contribution < -0.4 is 5.63 Å². The highest BCUT2D eigenvalue weighted by molar-refractivity contribution is 7.21. The van der Waals surface area contributed by atoms with E-state index in [0.29, 0.717) is 21.8 Å². The second-order valence-electron chi connectivity index (χ2n) is 7.66. The van der Waals surface area contributed by atoms with E-state index in [1.54, 1.807) is 12.1 Å². The van der Waals surface area contributed by atoms with Crippen LogP contribution in [0.5, 0.6) is 0 Å². The Hall–Kier alpha value is -2.92. The van der Waals surface area contributed by atoms with Gasteiger partial charge in [-0.05, 0) is 48.9 Å². The molecule has 2 aromatic heterocycles. The fourth-order valence-corrected chi connectivity index (χ4v) is 5.33. The van der Waals surface area contributed by atoms with Crippen LogP contribution in [0, 0.1) is 5.92 Å². The average Bonchev–Trinajstić information content (AvgIpc) is 3.21. The van der Waals surface area contributed by atoms with Gasteiger partial charge in [-0.1, -0.05) is 42.5 Å². The Kier molecular flexibility index (Phi) is 4.68. The first-order valence-electron chi connectivity index (χ1n) is 9.97. The van der Waals surface area contributed by atoms with Crippen molar-refractivity contribution in [3.05, 3.63) is 81.5 Å². The van der Waals surface area contributed by atoms with Gasteiger partial charge in [0.2, 0.25) is 0 Å². The number of benzene rings is 2. The standard InChI is InChI=1S/C24H21NO3S/c26-23(25-12-10-17(11-13-25)14-16-6-2-1-3-7-16)21-15-19-22(29-21)18-8-4-5-9-20(18)28-24(19)27/h1-9,15,17H,10-14H2. The maximum absolute atomic E-state index is 13.1. The van der Waals surface area contributed by atoms with Gasteiger partial charge in [-0.3, -0.25) is 4.79 Å². The first-order valence-corrected chi connectivity index (χ1v) is 10.8. The van der Waals surface area contributed by atoms with Crippen molar-refractivity contribution in [1.82, 2.24) is 4.90 Å². The topological polar surface area (TPSA) is 50.5 Å². The van der Waals surface area contributed by atoms with Gasteiger partial charge in [0.05, 0.1) is 15.0 Å². The lowest BCUT2D eigenvalue weighted by Gasteiger charge is -2.31. The lowest BCUT2D eigenvalue weighted by atomic mass is 9.90. The fraction of sp³-hybridized carbons (Fsp3) is 0.250. The summed E-state index contributed by atoms with van der Waals surface area (Å²) in [6.45, 7) is 1.53. The Morgan fingerprint density at radius 3 is 2.52 bits per heavy atom. The highest BCUT2D eigenvalue weighted by atomic mass is 32.1. The quantitative estimate of drug-likeness (QED) is 0.447. The van der Waals surface area contributed by atoms with Gasteiger partial charge in [-0.25, -0.2) is 4.79 Å². The van der Waals surface area contributed by atoms with Crippen molar-refractivity contribution < 1.29 is 9.21 Å². The molecule has 1 aliphatic rings. The zero-order valence-electron chi connectivity index (χ0n) is 16.0.